The summed E-state index contributed by atoms with van der Waals surface area (Å²) in [5.41, 5.74) is 0. The van der Waals surface area contributed by atoms with Crippen LogP contribution in [0.25, 0.3) is 0 Å². The summed E-state index contributed by atoms with van der Waals surface area (Å²) in [7, 11) is 11.8. The molecule has 7 nitrogen and oxygen atoms in total. The third kappa shape index (κ3) is 3.03. The van der Waals surface area contributed by atoms with Crippen molar-refractivity contribution in [2.24, 2.45) is 13.5 Å². The predicted octanol–water partition coefficient (Wildman–Crippen LogP) is 3.35. The molecule has 0 spiro atoms. The van der Waals surface area contributed by atoms with Crippen LogP contribution in [0.1, 0.15) is 0 Å². The summed E-state index contributed by atoms with van der Waals surface area (Å²) in [4.78, 5) is 0. The first-order chi connectivity index (χ1) is 8.58. The molecule has 0 bridgehead atoms. The van der Waals surface area contributed by atoms with Crippen molar-refractivity contribution in [3.05, 3.63) is 0 Å². The van der Waals surface area contributed by atoms with Crippen LogP contribution in [0.3, 0.4) is 0 Å². The molecule has 1 rings (SSSR count). The fourth-order valence-corrected chi connectivity index (χ4v) is 13.9. The summed E-state index contributed by atoms with van der Waals surface area (Å²) in [6.07, 6.45) is 0. The van der Waals surface area contributed by atoms with Crippen molar-refractivity contribution in [3.8, 4) is 0 Å². The average Bonchev–Trinajstić information content (AvgIpc) is 2.26. The summed E-state index contributed by atoms with van der Waals surface area (Å²) in [6, 6.07) is 0. The van der Waals surface area contributed by atoms with Gasteiger partial charge in [-0.15, -0.1) is 0 Å². The Hall–Kier alpha value is 0.400. The first-order valence-electron chi connectivity index (χ1n) is 6.02. The van der Waals surface area contributed by atoms with Gasteiger partial charge in [0.2, 0.25) is 0 Å². The van der Waals surface area contributed by atoms with Crippen LogP contribution in [-0.4, -0.2) is 81.7 Å². The van der Waals surface area contributed by atoms with E-state index < -0.39 is 22.9 Å². The summed E-state index contributed by atoms with van der Waals surface area (Å²) in [5, 5.41) is 0. The van der Waals surface area contributed by atoms with E-state index in [1.807, 2.05) is 0 Å². The van der Waals surface area contributed by atoms with Gasteiger partial charge in [0.05, 0.1) is 0 Å². The van der Waals surface area contributed by atoms with Crippen LogP contribution >= 0.6 is 22.9 Å². The lowest BCUT2D eigenvalue weighted by atomic mass is 11.3. The summed E-state index contributed by atoms with van der Waals surface area (Å²) in [6.45, 7) is 2.12. The Morgan fingerprint density at radius 2 is 1.05 bits per heavy atom. The largest absolute Gasteiger partial charge is 0.353 e. The highest BCUT2D eigenvalue weighted by Crippen LogP contribution is 2.74. The zero-order valence-corrected chi connectivity index (χ0v) is 16.2. The Morgan fingerprint density at radius 3 is 1.37 bits per heavy atom. The van der Waals surface area contributed by atoms with E-state index in [2.05, 4.69) is 81.7 Å². The van der Waals surface area contributed by atoms with Crippen molar-refractivity contribution < 1.29 is 0 Å². The van der Waals surface area contributed by atoms with Crippen molar-refractivity contribution >= 4 is 22.9 Å². The maximum absolute atomic E-state index is 5.20. The molecule has 0 aromatic heterocycles. The lowest BCUT2D eigenvalue weighted by molar-refractivity contribution is 0.546. The molecular weight excluding hydrogens is 299 g/mol. The molecule has 0 aromatic rings. The quantitative estimate of drug-likeness (QED) is 0.744. The molecule has 0 N–H and O–H groups in total. The average molecular weight is 326 g/mol. The monoisotopic (exact) mass is 326 g/mol. The summed E-state index contributed by atoms with van der Waals surface area (Å²) >= 11 is 0. The second-order valence-electron chi connectivity index (χ2n) is 5.22. The van der Waals surface area contributed by atoms with E-state index in [0.717, 1.165) is 0 Å². The number of nitrogens with zero attached hydrogens (tertiary/aromatic N) is 7. The van der Waals surface area contributed by atoms with E-state index in [1.54, 1.807) is 0 Å². The topological polar surface area (TPSA) is 50.0 Å². The van der Waals surface area contributed by atoms with E-state index in [4.69, 9.17) is 13.5 Å². The maximum Gasteiger partial charge on any atom is 0.353 e. The number of hydrogen-bond acceptors (Lipinski definition) is 7. The van der Waals surface area contributed by atoms with Crippen molar-refractivity contribution in [2.45, 2.75) is 0 Å². The zero-order chi connectivity index (χ0) is 15.0. The Morgan fingerprint density at radius 1 is 0.684 bits per heavy atom. The van der Waals surface area contributed by atoms with E-state index in [0.29, 0.717) is 0 Å². The number of rotatable bonds is 4. The van der Waals surface area contributed by atoms with Crippen molar-refractivity contribution in [1.82, 2.24) is 18.7 Å². The molecule has 0 aromatic carbocycles. The second-order valence-corrected chi connectivity index (χ2v) is 13.7. The van der Waals surface area contributed by atoms with Gasteiger partial charge in [-0.3, -0.25) is 0 Å². The lowest BCUT2D eigenvalue weighted by Gasteiger charge is -2.37. The highest BCUT2D eigenvalue weighted by molar-refractivity contribution is 7.79. The third-order valence-corrected chi connectivity index (χ3v) is 13.1. The molecular formula is C9H27N7P3+. The van der Waals surface area contributed by atoms with Crippen LogP contribution in [0.15, 0.2) is 13.5 Å². The predicted molar refractivity (Wildman–Crippen MR) is 88.7 cm³/mol. The van der Waals surface area contributed by atoms with Gasteiger partial charge >= 0.3 is 7.86 Å². The molecule has 1 aliphatic rings. The third-order valence-electron chi connectivity index (χ3n) is 2.89. The minimum absolute atomic E-state index is 0.709. The van der Waals surface area contributed by atoms with E-state index in [-0.39, 0.29) is 0 Å². The molecule has 1 unspecified atom stereocenters. The van der Waals surface area contributed by atoms with Gasteiger partial charge in [-0.25, -0.2) is 18.7 Å². The minimum atomic E-state index is -2.00. The Balaban J connectivity index is 3.71. The van der Waals surface area contributed by atoms with Crippen LogP contribution in [0, 0.1) is 0 Å². The van der Waals surface area contributed by atoms with Crippen LogP contribution < -0.4 is 0 Å². The maximum atomic E-state index is 5.20. The van der Waals surface area contributed by atoms with Gasteiger partial charge in [0, 0.05) is 0 Å². The SMILES string of the molecule is CN(C)P1(N(C)C)=N[P+](C)=NP(N(C)C)(N(C)C)=N1. The normalized spacial score (nSPS) is 23.5. The smallest absolute Gasteiger partial charge is 0.243 e. The van der Waals surface area contributed by atoms with E-state index >= 15 is 0 Å². The van der Waals surface area contributed by atoms with Gasteiger partial charge in [-0.05, 0) is 65.4 Å². The van der Waals surface area contributed by atoms with Crippen molar-refractivity contribution in [3.63, 3.8) is 0 Å². The van der Waals surface area contributed by atoms with Crippen molar-refractivity contribution in [2.75, 3.05) is 63.0 Å². The van der Waals surface area contributed by atoms with Gasteiger partial charge in [-0.2, -0.15) is 4.52 Å². The van der Waals surface area contributed by atoms with Gasteiger partial charge < -0.3 is 0 Å². The molecule has 0 saturated carbocycles. The first kappa shape index (κ1) is 17.5. The van der Waals surface area contributed by atoms with Gasteiger partial charge in [0.25, 0.3) is 15.0 Å². The first-order valence-corrected chi connectivity index (χ1v) is 10.9. The van der Waals surface area contributed by atoms with Crippen LogP contribution in [-0.2, 0) is 0 Å². The molecule has 1 aliphatic heterocycles. The molecule has 1 atom stereocenters. The highest BCUT2D eigenvalue weighted by atomic mass is 31.2. The van der Waals surface area contributed by atoms with E-state index in [1.165, 1.54) is 0 Å². The summed E-state index contributed by atoms with van der Waals surface area (Å²) < 4.78 is 23.8. The van der Waals surface area contributed by atoms with Crippen LogP contribution in [0.2, 0.25) is 0 Å². The Bertz CT molecular complexity index is 435. The number of hydrogen-bond donors (Lipinski definition) is 0. The molecule has 19 heavy (non-hydrogen) atoms. The second kappa shape index (κ2) is 6.03. The molecule has 1 heterocycles. The van der Waals surface area contributed by atoms with Gasteiger partial charge in [0.15, 0.2) is 0 Å². The highest BCUT2D eigenvalue weighted by Gasteiger charge is 2.42. The van der Waals surface area contributed by atoms with E-state index in [9.17, 15) is 0 Å². The Labute approximate surface area is 118 Å². The van der Waals surface area contributed by atoms with Crippen LogP contribution in [0.4, 0.5) is 0 Å². The molecule has 0 fully saturated rings. The fourth-order valence-electron chi connectivity index (χ4n) is 1.92. The zero-order valence-electron chi connectivity index (χ0n) is 13.5. The van der Waals surface area contributed by atoms with Crippen LogP contribution in [0.5, 0.6) is 0 Å². The molecule has 0 aliphatic carbocycles. The standard InChI is InChI=1S/C9H27N7P3/c1-13(2)18(14(3)4)10-17(9)11-19(12-18,15(5)6)16(7)8/h1-9H3/q+1. The van der Waals surface area contributed by atoms with Gasteiger partial charge in [0.1, 0.15) is 6.66 Å². The molecule has 112 valence electrons. The molecule has 0 saturated heterocycles. The lowest BCUT2D eigenvalue weighted by Crippen LogP contribution is -2.24. The molecule has 0 radical (unpaired) electrons. The van der Waals surface area contributed by atoms with Gasteiger partial charge in [-0.1, -0.05) is 0 Å². The molecule has 10 heteroatoms. The fraction of sp³-hybridized carbons (Fsp3) is 1.00. The summed E-state index contributed by atoms with van der Waals surface area (Å²) in [5.74, 6) is 0. The molecule has 0 amide bonds. The van der Waals surface area contributed by atoms with Crippen molar-refractivity contribution in [1.29, 1.82) is 0 Å². The minimum Gasteiger partial charge on any atom is -0.243 e. The Kier molecular flexibility index (Phi) is 5.54.